The van der Waals surface area contributed by atoms with Gasteiger partial charge in [0.15, 0.2) is 5.96 Å². The average Bonchev–Trinajstić information content (AvgIpc) is 2.80. The summed E-state index contributed by atoms with van der Waals surface area (Å²) in [6, 6.07) is 10.4. The van der Waals surface area contributed by atoms with Crippen molar-refractivity contribution >= 4 is 29.9 Å². The second-order valence-electron chi connectivity index (χ2n) is 5.99. The second-order valence-corrected chi connectivity index (χ2v) is 5.99. The van der Waals surface area contributed by atoms with Crippen LogP contribution in [-0.4, -0.2) is 35.5 Å². The molecular formula is C18H28IN5O. The zero-order chi connectivity index (χ0) is 17.5. The molecule has 1 aromatic heterocycles. The second kappa shape index (κ2) is 10.4. The van der Waals surface area contributed by atoms with Crippen molar-refractivity contribution in [3.63, 3.8) is 0 Å². The molecule has 2 rings (SSSR count). The molecule has 0 saturated heterocycles. The van der Waals surface area contributed by atoms with Gasteiger partial charge in [0.2, 0.25) is 0 Å². The maximum Gasteiger partial charge on any atom is 0.189 e. The van der Waals surface area contributed by atoms with Crippen molar-refractivity contribution in [1.82, 2.24) is 15.1 Å². The average molecular weight is 457 g/mol. The van der Waals surface area contributed by atoms with Gasteiger partial charge >= 0.3 is 0 Å². The minimum absolute atomic E-state index is 0. The predicted molar refractivity (Wildman–Crippen MR) is 112 cm³/mol. The summed E-state index contributed by atoms with van der Waals surface area (Å²) in [6.45, 7) is 7.95. The highest BCUT2D eigenvalue weighted by molar-refractivity contribution is 14.0. The Kier molecular flexibility index (Phi) is 8.91. The summed E-state index contributed by atoms with van der Waals surface area (Å²) in [5, 5.41) is 7.75. The minimum atomic E-state index is 0. The van der Waals surface area contributed by atoms with Crippen molar-refractivity contribution in [2.75, 3.05) is 13.7 Å². The first kappa shape index (κ1) is 21.4. The lowest BCUT2D eigenvalue weighted by Crippen LogP contribution is -2.40. The Bertz CT molecular complexity index is 684. The van der Waals surface area contributed by atoms with E-state index in [-0.39, 0.29) is 30.0 Å². The minimum Gasteiger partial charge on any atom is -0.383 e. The first-order valence-electron chi connectivity index (χ1n) is 8.13. The normalized spacial score (nSPS) is 12.6. The number of hydrogen-bond donors (Lipinski definition) is 2. The first-order valence-corrected chi connectivity index (χ1v) is 8.13. The molecule has 0 spiro atoms. The van der Waals surface area contributed by atoms with Crippen molar-refractivity contribution in [3.05, 3.63) is 52.8 Å². The van der Waals surface area contributed by atoms with Crippen molar-refractivity contribution in [2.45, 2.75) is 39.9 Å². The van der Waals surface area contributed by atoms with Gasteiger partial charge in [-0.2, -0.15) is 5.10 Å². The van der Waals surface area contributed by atoms with Gasteiger partial charge in [0.05, 0.1) is 25.4 Å². The lowest BCUT2D eigenvalue weighted by atomic mass is 10.2. The highest BCUT2D eigenvalue weighted by Crippen LogP contribution is 2.15. The Morgan fingerprint density at radius 3 is 2.64 bits per heavy atom. The number of guanidine groups is 1. The van der Waals surface area contributed by atoms with Crippen LogP contribution in [0.2, 0.25) is 0 Å². The third-order valence-electron chi connectivity index (χ3n) is 3.92. The smallest absolute Gasteiger partial charge is 0.189 e. The number of methoxy groups -OCH3 is 1. The van der Waals surface area contributed by atoms with E-state index >= 15 is 0 Å². The zero-order valence-corrected chi connectivity index (χ0v) is 17.7. The largest absolute Gasteiger partial charge is 0.383 e. The zero-order valence-electron chi connectivity index (χ0n) is 15.3. The van der Waals surface area contributed by atoms with E-state index < -0.39 is 0 Å². The number of hydrogen-bond acceptors (Lipinski definition) is 3. The van der Waals surface area contributed by atoms with Crippen LogP contribution >= 0.6 is 24.0 Å². The van der Waals surface area contributed by atoms with Crippen LogP contribution in [0.1, 0.15) is 29.4 Å². The van der Waals surface area contributed by atoms with Crippen molar-refractivity contribution in [3.8, 4) is 0 Å². The van der Waals surface area contributed by atoms with Crippen LogP contribution in [-0.2, 0) is 17.8 Å². The van der Waals surface area contributed by atoms with Gasteiger partial charge in [0.25, 0.3) is 0 Å². The van der Waals surface area contributed by atoms with Crippen molar-refractivity contribution in [1.29, 1.82) is 0 Å². The number of ether oxygens (including phenoxy) is 1. The van der Waals surface area contributed by atoms with E-state index in [0.717, 1.165) is 23.5 Å². The van der Waals surface area contributed by atoms with Crippen LogP contribution < -0.4 is 11.1 Å². The summed E-state index contributed by atoms with van der Waals surface area (Å²) in [4.78, 5) is 4.43. The fourth-order valence-corrected chi connectivity index (χ4v) is 2.63. The standard InChI is InChI=1S/C18H27N5O.HI/c1-13(12-24-4)21-18(19)20-10-17-14(2)22-23(15(17)3)11-16-8-6-5-7-9-16;/h5-9,13H,10-12H2,1-4H3,(H3,19,20,21);1H. The molecule has 0 bridgehead atoms. The molecule has 138 valence electrons. The predicted octanol–water partition coefficient (Wildman–Crippen LogP) is 2.61. The lowest BCUT2D eigenvalue weighted by molar-refractivity contribution is 0.179. The SMILES string of the molecule is COCC(C)NC(N)=NCc1c(C)nn(Cc2ccccc2)c1C.I. The number of nitrogens with two attached hydrogens (primary N) is 1. The molecule has 3 N–H and O–H groups in total. The number of rotatable bonds is 7. The van der Waals surface area contributed by atoms with E-state index in [0.29, 0.717) is 19.1 Å². The summed E-state index contributed by atoms with van der Waals surface area (Å²) in [6.07, 6.45) is 0. The maximum absolute atomic E-state index is 5.94. The van der Waals surface area contributed by atoms with Gasteiger partial charge in [-0.1, -0.05) is 30.3 Å². The molecule has 25 heavy (non-hydrogen) atoms. The number of nitrogens with one attached hydrogen (secondary N) is 1. The number of nitrogens with zero attached hydrogens (tertiary/aromatic N) is 3. The van der Waals surface area contributed by atoms with Gasteiger partial charge in [-0.05, 0) is 26.3 Å². The molecule has 2 aromatic rings. The summed E-state index contributed by atoms with van der Waals surface area (Å²) >= 11 is 0. The molecule has 0 aliphatic carbocycles. The molecule has 1 aromatic carbocycles. The number of benzene rings is 1. The number of aromatic nitrogens is 2. The topological polar surface area (TPSA) is 77.5 Å². The van der Waals surface area contributed by atoms with Crippen LogP contribution in [0.4, 0.5) is 0 Å². The fraction of sp³-hybridized carbons (Fsp3) is 0.444. The van der Waals surface area contributed by atoms with Gasteiger partial charge in [-0.3, -0.25) is 4.68 Å². The molecule has 0 radical (unpaired) electrons. The van der Waals surface area contributed by atoms with Gasteiger partial charge in [-0.15, -0.1) is 24.0 Å². The van der Waals surface area contributed by atoms with Crippen LogP contribution in [0.15, 0.2) is 35.3 Å². The summed E-state index contributed by atoms with van der Waals surface area (Å²) in [5.74, 6) is 0.425. The molecule has 6 nitrogen and oxygen atoms in total. The monoisotopic (exact) mass is 457 g/mol. The number of aliphatic imine (C=N–C) groups is 1. The molecule has 7 heteroatoms. The maximum atomic E-state index is 5.94. The molecule has 0 saturated carbocycles. The van der Waals surface area contributed by atoms with Crippen LogP contribution in [0.3, 0.4) is 0 Å². The van der Waals surface area contributed by atoms with E-state index in [4.69, 9.17) is 10.5 Å². The molecule has 1 atom stereocenters. The summed E-state index contributed by atoms with van der Waals surface area (Å²) in [5.41, 5.74) is 10.4. The third kappa shape index (κ3) is 6.32. The van der Waals surface area contributed by atoms with Crippen molar-refractivity contribution in [2.24, 2.45) is 10.7 Å². The summed E-state index contributed by atoms with van der Waals surface area (Å²) < 4.78 is 7.10. The van der Waals surface area contributed by atoms with E-state index in [1.165, 1.54) is 5.56 Å². The highest BCUT2D eigenvalue weighted by Gasteiger charge is 2.11. The van der Waals surface area contributed by atoms with Gasteiger partial charge in [-0.25, -0.2) is 4.99 Å². The summed E-state index contributed by atoms with van der Waals surface area (Å²) in [7, 11) is 1.67. The van der Waals surface area contributed by atoms with Gasteiger partial charge in [0.1, 0.15) is 0 Å². The Balaban J connectivity index is 0.00000312. The van der Waals surface area contributed by atoms with Crippen LogP contribution in [0.5, 0.6) is 0 Å². The third-order valence-corrected chi connectivity index (χ3v) is 3.92. The van der Waals surface area contributed by atoms with Crippen molar-refractivity contribution < 1.29 is 4.74 Å². The fourth-order valence-electron chi connectivity index (χ4n) is 2.63. The number of halogens is 1. The lowest BCUT2D eigenvalue weighted by Gasteiger charge is -2.13. The molecule has 1 unspecified atom stereocenters. The van der Waals surface area contributed by atoms with E-state index in [9.17, 15) is 0 Å². The molecule has 1 heterocycles. The quantitative estimate of drug-likeness (QED) is 0.381. The Hall–Kier alpha value is -1.61. The van der Waals surface area contributed by atoms with E-state index in [1.54, 1.807) is 7.11 Å². The van der Waals surface area contributed by atoms with Crippen LogP contribution in [0.25, 0.3) is 0 Å². The highest BCUT2D eigenvalue weighted by atomic mass is 127. The molecule has 0 amide bonds. The van der Waals surface area contributed by atoms with Gasteiger partial charge < -0.3 is 15.8 Å². The van der Waals surface area contributed by atoms with Gasteiger partial charge in [0, 0.05) is 24.4 Å². The molecular weight excluding hydrogens is 429 g/mol. The molecule has 0 fully saturated rings. The number of aryl methyl sites for hydroxylation is 1. The Morgan fingerprint density at radius 1 is 1.32 bits per heavy atom. The molecule has 0 aliphatic rings. The van der Waals surface area contributed by atoms with E-state index in [2.05, 4.69) is 34.5 Å². The van der Waals surface area contributed by atoms with Crippen LogP contribution in [0, 0.1) is 13.8 Å². The first-order chi connectivity index (χ1) is 11.5. The Morgan fingerprint density at radius 2 is 2.00 bits per heavy atom. The Labute approximate surface area is 166 Å². The molecule has 0 aliphatic heterocycles. The van der Waals surface area contributed by atoms with E-state index in [1.807, 2.05) is 36.7 Å².